The SMILES string of the molecule is CNC1CCC(C(C)C)CC1Sc1ccccc1Br. The van der Waals surface area contributed by atoms with Crippen molar-refractivity contribution in [1.82, 2.24) is 5.32 Å². The molecule has 0 amide bonds. The zero-order chi connectivity index (χ0) is 13.8. The summed E-state index contributed by atoms with van der Waals surface area (Å²) in [6.45, 7) is 4.73. The van der Waals surface area contributed by atoms with Crippen LogP contribution in [0.5, 0.6) is 0 Å². The summed E-state index contributed by atoms with van der Waals surface area (Å²) in [4.78, 5) is 1.37. The lowest BCUT2D eigenvalue weighted by Crippen LogP contribution is -2.41. The first-order valence-electron chi connectivity index (χ1n) is 7.20. The molecule has 0 heterocycles. The maximum Gasteiger partial charge on any atom is 0.0311 e. The fraction of sp³-hybridized carbons (Fsp3) is 0.625. The van der Waals surface area contributed by atoms with Gasteiger partial charge in [0, 0.05) is 20.7 Å². The van der Waals surface area contributed by atoms with Gasteiger partial charge in [0.25, 0.3) is 0 Å². The molecule has 19 heavy (non-hydrogen) atoms. The Bertz CT molecular complexity index is 407. The van der Waals surface area contributed by atoms with E-state index in [1.807, 2.05) is 11.8 Å². The molecule has 0 aromatic heterocycles. The Labute approximate surface area is 130 Å². The van der Waals surface area contributed by atoms with Crippen molar-refractivity contribution in [2.75, 3.05) is 7.05 Å². The largest absolute Gasteiger partial charge is 0.316 e. The fourth-order valence-electron chi connectivity index (χ4n) is 2.93. The Balaban J connectivity index is 2.08. The van der Waals surface area contributed by atoms with Gasteiger partial charge in [0.2, 0.25) is 0 Å². The van der Waals surface area contributed by atoms with Gasteiger partial charge in [-0.25, -0.2) is 0 Å². The van der Waals surface area contributed by atoms with Crippen molar-refractivity contribution in [3.05, 3.63) is 28.7 Å². The normalized spacial score (nSPS) is 27.7. The molecule has 3 atom stereocenters. The van der Waals surface area contributed by atoms with Gasteiger partial charge >= 0.3 is 0 Å². The van der Waals surface area contributed by atoms with Crippen molar-refractivity contribution in [3.8, 4) is 0 Å². The molecule has 1 aromatic rings. The van der Waals surface area contributed by atoms with Crippen LogP contribution >= 0.6 is 27.7 Å². The van der Waals surface area contributed by atoms with Crippen LogP contribution in [-0.2, 0) is 0 Å². The van der Waals surface area contributed by atoms with Gasteiger partial charge in [-0.05, 0) is 66.2 Å². The molecule has 1 aliphatic rings. The highest BCUT2D eigenvalue weighted by atomic mass is 79.9. The fourth-order valence-corrected chi connectivity index (χ4v) is 4.94. The highest BCUT2D eigenvalue weighted by Gasteiger charge is 2.31. The molecule has 1 fully saturated rings. The molecule has 3 unspecified atom stereocenters. The van der Waals surface area contributed by atoms with Gasteiger partial charge in [-0.2, -0.15) is 0 Å². The van der Waals surface area contributed by atoms with E-state index in [9.17, 15) is 0 Å². The van der Waals surface area contributed by atoms with E-state index in [1.54, 1.807) is 0 Å². The van der Waals surface area contributed by atoms with Gasteiger partial charge < -0.3 is 5.32 Å². The number of halogens is 1. The summed E-state index contributed by atoms with van der Waals surface area (Å²) in [7, 11) is 2.11. The molecule has 0 spiro atoms. The summed E-state index contributed by atoms with van der Waals surface area (Å²) in [5.41, 5.74) is 0. The van der Waals surface area contributed by atoms with E-state index in [1.165, 1.54) is 28.6 Å². The van der Waals surface area contributed by atoms with Crippen molar-refractivity contribution in [2.24, 2.45) is 11.8 Å². The lowest BCUT2D eigenvalue weighted by Gasteiger charge is -2.37. The van der Waals surface area contributed by atoms with Gasteiger partial charge in [0.05, 0.1) is 0 Å². The van der Waals surface area contributed by atoms with Crippen molar-refractivity contribution in [2.45, 2.75) is 49.3 Å². The molecule has 0 bridgehead atoms. The summed E-state index contributed by atoms with van der Waals surface area (Å²) in [5, 5.41) is 4.20. The molecule has 0 saturated heterocycles. The van der Waals surface area contributed by atoms with Crippen LogP contribution in [0.4, 0.5) is 0 Å². The summed E-state index contributed by atoms with van der Waals surface area (Å²) in [5.74, 6) is 1.68. The number of nitrogens with one attached hydrogen (secondary N) is 1. The summed E-state index contributed by atoms with van der Waals surface area (Å²) < 4.78 is 1.22. The van der Waals surface area contributed by atoms with Crippen molar-refractivity contribution in [1.29, 1.82) is 0 Å². The van der Waals surface area contributed by atoms with Crippen molar-refractivity contribution >= 4 is 27.7 Å². The smallest absolute Gasteiger partial charge is 0.0311 e. The number of benzene rings is 1. The van der Waals surface area contributed by atoms with Crippen LogP contribution in [0.1, 0.15) is 33.1 Å². The van der Waals surface area contributed by atoms with E-state index in [-0.39, 0.29) is 0 Å². The van der Waals surface area contributed by atoms with Crippen LogP contribution in [0.3, 0.4) is 0 Å². The Kier molecular flexibility index (Phi) is 5.79. The average Bonchev–Trinajstić information content (AvgIpc) is 2.41. The second kappa shape index (κ2) is 7.14. The van der Waals surface area contributed by atoms with Gasteiger partial charge in [0.15, 0.2) is 0 Å². The van der Waals surface area contributed by atoms with E-state index in [2.05, 4.69) is 66.4 Å². The molecule has 0 radical (unpaired) electrons. The van der Waals surface area contributed by atoms with E-state index >= 15 is 0 Å². The number of rotatable bonds is 4. The Hall–Kier alpha value is 0.01000. The molecular weight excluding hydrogens is 318 g/mol. The van der Waals surface area contributed by atoms with Crippen molar-refractivity contribution in [3.63, 3.8) is 0 Å². The monoisotopic (exact) mass is 341 g/mol. The molecule has 1 aliphatic carbocycles. The third-order valence-electron chi connectivity index (χ3n) is 4.26. The second-order valence-corrected chi connectivity index (χ2v) is 7.93. The summed E-state index contributed by atoms with van der Waals surface area (Å²) in [6.07, 6.45) is 4.01. The summed E-state index contributed by atoms with van der Waals surface area (Å²) >= 11 is 5.70. The Morgan fingerprint density at radius 3 is 2.63 bits per heavy atom. The molecular formula is C16H24BrNS. The van der Waals surface area contributed by atoms with Crippen LogP contribution in [0.2, 0.25) is 0 Å². The zero-order valence-corrected chi connectivity index (χ0v) is 14.4. The topological polar surface area (TPSA) is 12.0 Å². The maximum absolute atomic E-state index is 3.67. The lowest BCUT2D eigenvalue weighted by molar-refractivity contribution is 0.251. The molecule has 106 valence electrons. The standard InChI is InChI=1S/C16H24BrNS/c1-11(2)12-8-9-14(18-3)16(10-12)19-15-7-5-4-6-13(15)17/h4-7,11-12,14,16,18H,8-10H2,1-3H3. The number of hydrogen-bond donors (Lipinski definition) is 1. The van der Waals surface area contributed by atoms with Crippen LogP contribution in [0, 0.1) is 11.8 Å². The highest BCUT2D eigenvalue weighted by molar-refractivity contribution is 9.10. The van der Waals surface area contributed by atoms with E-state index < -0.39 is 0 Å². The van der Waals surface area contributed by atoms with E-state index in [0.29, 0.717) is 11.3 Å². The molecule has 3 heteroatoms. The Morgan fingerprint density at radius 2 is 2.00 bits per heavy atom. The van der Waals surface area contributed by atoms with Crippen molar-refractivity contribution < 1.29 is 0 Å². The molecule has 1 saturated carbocycles. The van der Waals surface area contributed by atoms with E-state index in [0.717, 1.165) is 11.8 Å². The van der Waals surface area contributed by atoms with Gasteiger partial charge in [0.1, 0.15) is 0 Å². The Morgan fingerprint density at radius 1 is 1.26 bits per heavy atom. The first kappa shape index (κ1) is 15.4. The van der Waals surface area contributed by atoms with Gasteiger partial charge in [-0.1, -0.05) is 26.0 Å². The number of hydrogen-bond acceptors (Lipinski definition) is 2. The molecule has 2 rings (SSSR count). The predicted octanol–water partition coefficient (Wildman–Crippen LogP) is 4.95. The lowest BCUT2D eigenvalue weighted by atomic mass is 9.79. The first-order valence-corrected chi connectivity index (χ1v) is 8.87. The third kappa shape index (κ3) is 3.99. The molecule has 1 nitrogen and oxygen atoms in total. The maximum atomic E-state index is 3.67. The molecule has 0 aliphatic heterocycles. The molecule has 1 aromatic carbocycles. The summed E-state index contributed by atoms with van der Waals surface area (Å²) in [6, 6.07) is 9.22. The van der Waals surface area contributed by atoms with Crippen LogP contribution in [-0.4, -0.2) is 18.3 Å². The van der Waals surface area contributed by atoms with Gasteiger partial charge in [-0.15, -0.1) is 11.8 Å². The zero-order valence-electron chi connectivity index (χ0n) is 12.0. The first-order chi connectivity index (χ1) is 9.11. The minimum absolute atomic E-state index is 0.645. The quantitative estimate of drug-likeness (QED) is 0.830. The van der Waals surface area contributed by atoms with Crippen LogP contribution < -0.4 is 5.32 Å². The van der Waals surface area contributed by atoms with Crippen LogP contribution in [0.15, 0.2) is 33.6 Å². The second-order valence-electron chi connectivity index (χ2n) is 5.80. The third-order valence-corrected chi connectivity index (χ3v) is 6.65. The highest BCUT2D eigenvalue weighted by Crippen LogP contribution is 2.40. The molecule has 1 N–H and O–H groups in total. The van der Waals surface area contributed by atoms with E-state index in [4.69, 9.17) is 0 Å². The minimum Gasteiger partial charge on any atom is -0.316 e. The average molecular weight is 342 g/mol. The predicted molar refractivity (Wildman–Crippen MR) is 88.8 cm³/mol. The minimum atomic E-state index is 0.645. The van der Waals surface area contributed by atoms with Crippen LogP contribution in [0.25, 0.3) is 0 Å². The number of thioether (sulfide) groups is 1. The van der Waals surface area contributed by atoms with Gasteiger partial charge in [-0.3, -0.25) is 0 Å².